The van der Waals surface area contributed by atoms with Gasteiger partial charge in [0.05, 0.1) is 29.1 Å². The van der Waals surface area contributed by atoms with Gasteiger partial charge in [-0.2, -0.15) is 9.40 Å². The summed E-state index contributed by atoms with van der Waals surface area (Å²) in [6, 6.07) is 6.52. The number of nitrogens with zero attached hydrogens (tertiary/aromatic N) is 5. The second kappa shape index (κ2) is 9.91. The van der Waals surface area contributed by atoms with Gasteiger partial charge in [-0.15, -0.1) is 0 Å². The van der Waals surface area contributed by atoms with Crippen molar-refractivity contribution in [3.63, 3.8) is 0 Å². The zero-order valence-electron chi connectivity index (χ0n) is 18.8. The second-order valence-corrected chi connectivity index (χ2v) is 9.79. The third-order valence-electron chi connectivity index (χ3n) is 5.52. The highest BCUT2D eigenvalue weighted by Crippen LogP contribution is 2.24. The van der Waals surface area contributed by atoms with Crippen LogP contribution in [0.1, 0.15) is 19.2 Å². The van der Waals surface area contributed by atoms with Crippen LogP contribution in [-0.4, -0.2) is 70.2 Å². The lowest BCUT2D eigenvalue weighted by molar-refractivity contribution is -0.118. The molecular formula is C21H27N7O5S. The lowest BCUT2D eigenvalue weighted by Crippen LogP contribution is -2.40. The Labute approximate surface area is 196 Å². The van der Waals surface area contributed by atoms with Crippen LogP contribution in [0.2, 0.25) is 0 Å². The number of sulfonamides is 1. The Morgan fingerprint density at radius 1 is 1.21 bits per heavy atom. The van der Waals surface area contributed by atoms with Crippen LogP contribution < -0.4 is 11.1 Å². The predicted octanol–water partition coefficient (Wildman–Crippen LogP) is 0.330. The number of morpholine rings is 1. The van der Waals surface area contributed by atoms with Crippen molar-refractivity contribution in [2.24, 2.45) is 5.73 Å². The molecule has 1 aromatic carbocycles. The second-order valence-electron chi connectivity index (χ2n) is 7.85. The quantitative estimate of drug-likeness (QED) is 0.439. The van der Waals surface area contributed by atoms with Crippen molar-refractivity contribution in [1.82, 2.24) is 23.6 Å². The van der Waals surface area contributed by atoms with E-state index in [-0.39, 0.29) is 23.8 Å². The van der Waals surface area contributed by atoms with E-state index in [0.717, 1.165) is 5.52 Å². The average Bonchev–Trinajstić information content (AvgIpc) is 3.40. The number of aromatic nitrogens is 4. The van der Waals surface area contributed by atoms with Gasteiger partial charge in [-0.1, -0.05) is 0 Å². The van der Waals surface area contributed by atoms with E-state index in [2.05, 4.69) is 15.4 Å². The molecule has 182 valence electrons. The molecule has 3 aromatic rings. The Hall–Kier alpha value is -3.29. The number of benzene rings is 1. The van der Waals surface area contributed by atoms with Gasteiger partial charge in [0.15, 0.2) is 5.82 Å². The van der Waals surface area contributed by atoms with Gasteiger partial charge >= 0.3 is 0 Å². The number of nitrogens with two attached hydrogens (primary N) is 1. The van der Waals surface area contributed by atoms with Crippen LogP contribution >= 0.6 is 0 Å². The molecular weight excluding hydrogens is 462 g/mol. The summed E-state index contributed by atoms with van der Waals surface area (Å²) in [4.78, 5) is 28.2. The first-order chi connectivity index (χ1) is 16.3. The predicted molar refractivity (Wildman–Crippen MR) is 123 cm³/mol. The highest BCUT2D eigenvalue weighted by molar-refractivity contribution is 7.89. The highest BCUT2D eigenvalue weighted by Gasteiger charge is 2.27. The number of imidazole rings is 1. The number of ether oxygens (including phenoxy) is 1. The van der Waals surface area contributed by atoms with E-state index in [0.29, 0.717) is 56.4 Å². The first kappa shape index (κ1) is 23.9. The summed E-state index contributed by atoms with van der Waals surface area (Å²) in [7, 11) is -3.63. The lowest BCUT2D eigenvalue weighted by atomic mass is 10.2. The molecule has 1 aliphatic rings. The number of aryl methyl sites for hydroxylation is 2. The van der Waals surface area contributed by atoms with E-state index in [1.54, 1.807) is 30.5 Å². The summed E-state index contributed by atoms with van der Waals surface area (Å²) < 4.78 is 36.0. The molecule has 0 saturated carbocycles. The molecule has 34 heavy (non-hydrogen) atoms. The number of carbonyl (C=O) groups excluding carboxylic acids is 2. The molecule has 3 heterocycles. The van der Waals surface area contributed by atoms with E-state index in [1.165, 1.54) is 8.99 Å². The Morgan fingerprint density at radius 2 is 1.97 bits per heavy atom. The monoisotopic (exact) mass is 489 g/mol. The fraction of sp³-hybridized carbons (Fsp3) is 0.429. The number of hydrogen-bond acceptors (Lipinski definition) is 7. The maximum Gasteiger partial charge on any atom is 0.243 e. The molecule has 0 aliphatic carbocycles. The smallest absolute Gasteiger partial charge is 0.243 e. The lowest BCUT2D eigenvalue weighted by Gasteiger charge is -2.26. The van der Waals surface area contributed by atoms with E-state index >= 15 is 0 Å². The van der Waals surface area contributed by atoms with Crippen molar-refractivity contribution < 1.29 is 22.7 Å². The van der Waals surface area contributed by atoms with E-state index in [1.807, 2.05) is 11.5 Å². The number of hydrogen-bond donors (Lipinski definition) is 2. The number of rotatable bonds is 9. The number of primary amides is 1. The van der Waals surface area contributed by atoms with Crippen molar-refractivity contribution in [3.8, 4) is 0 Å². The molecule has 2 amide bonds. The number of fused-ring (bicyclic) bond motifs is 1. The van der Waals surface area contributed by atoms with Gasteiger partial charge in [0.25, 0.3) is 0 Å². The molecule has 0 radical (unpaired) electrons. The van der Waals surface area contributed by atoms with Crippen molar-refractivity contribution in [2.75, 3.05) is 31.6 Å². The molecule has 1 fully saturated rings. The highest BCUT2D eigenvalue weighted by atomic mass is 32.2. The molecule has 1 aliphatic heterocycles. The number of nitrogens with one attached hydrogen (secondary N) is 1. The first-order valence-corrected chi connectivity index (χ1v) is 12.4. The summed E-state index contributed by atoms with van der Waals surface area (Å²) in [6.07, 6.45) is 2.08. The molecule has 0 atom stereocenters. The minimum Gasteiger partial charge on any atom is -0.379 e. The van der Waals surface area contributed by atoms with Gasteiger partial charge in [-0.25, -0.2) is 13.4 Å². The normalized spacial score (nSPS) is 15.0. The van der Waals surface area contributed by atoms with Crippen molar-refractivity contribution in [2.45, 2.75) is 37.8 Å². The SMILES string of the molecule is CCn1c(CCC(=O)Nc2ccn(CC(N)=O)n2)nc2cc(S(=O)(=O)N3CCOCC3)ccc21. The minimum absolute atomic E-state index is 0.0698. The van der Waals surface area contributed by atoms with Gasteiger partial charge in [0.2, 0.25) is 21.8 Å². The van der Waals surface area contributed by atoms with Crippen molar-refractivity contribution in [1.29, 1.82) is 0 Å². The number of anilines is 1. The largest absolute Gasteiger partial charge is 0.379 e. The van der Waals surface area contributed by atoms with Crippen LogP contribution in [0.4, 0.5) is 5.82 Å². The molecule has 12 nitrogen and oxygen atoms in total. The van der Waals surface area contributed by atoms with Crippen LogP contribution in [0.15, 0.2) is 35.4 Å². The van der Waals surface area contributed by atoms with Gasteiger partial charge in [-0.05, 0) is 25.1 Å². The van der Waals surface area contributed by atoms with Gasteiger partial charge in [0, 0.05) is 44.7 Å². The molecule has 0 unspecified atom stereocenters. The van der Waals surface area contributed by atoms with E-state index in [9.17, 15) is 18.0 Å². The Bertz CT molecular complexity index is 1310. The van der Waals surface area contributed by atoms with Crippen molar-refractivity contribution in [3.05, 3.63) is 36.3 Å². The van der Waals surface area contributed by atoms with Crippen molar-refractivity contribution >= 4 is 38.7 Å². The van der Waals surface area contributed by atoms with Crippen LogP contribution in [0.5, 0.6) is 0 Å². The summed E-state index contributed by atoms with van der Waals surface area (Å²) in [5.41, 5.74) is 6.52. The van der Waals surface area contributed by atoms with Gasteiger partial charge < -0.3 is 20.4 Å². The fourth-order valence-electron chi connectivity index (χ4n) is 3.91. The summed E-state index contributed by atoms with van der Waals surface area (Å²) in [5, 5.41) is 6.77. The van der Waals surface area contributed by atoms with Crippen LogP contribution in [0.3, 0.4) is 0 Å². The topological polar surface area (TPSA) is 154 Å². The standard InChI is InChI=1S/C21H27N7O5S/c1-2-28-17-4-3-15(34(31,32)27-9-11-33-12-10-27)13-16(17)23-20(28)5-6-21(30)24-19-7-8-26(25-19)14-18(22)29/h3-4,7-8,13H,2,5-6,9-12,14H2,1H3,(H2,22,29)(H,24,25,30). The van der Waals surface area contributed by atoms with Gasteiger partial charge in [0.1, 0.15) is 12.4 Å². The maximum atomic E-state index is 13.0. The molecule has 0 spiro atoms. The molecule has 4 rings (SSSR count). The average molecular weight is 490 g/mol. The fourth-order valence-corrected chi connectivity index (χ4v) is 5.33. The third-order valence-corrected chi connectivity index (χ3v) is 7.42. The Kier molecular flexibility index (Phi) is 6.95. The summed E-state index contributed by atoms with van der Waals surface area (Å²) in [6.45, 7) is 3.93. The Morgan fingerprint density at radius 3 is 2.68 bits per heavy atom. The Balaban J connectivity index is 1.47. The summed E-state index contributed by atoms with van der Waals surface area (Å²) in [5.74, 6) is 0.232. The van der Waals surface area contributed by atoms with E-state index in [4.69, 9.17) is 10.5 Å². The maximum absolute atomic E-state index is 13.0. The zero-order chi connectivity index (χ0) is 24.3. The third kappa shape index (κ3) is 5.11. The van der Waals surface area contributed by atoms with Crippen LogP contribution in [-0.2, 0) is 43.9 Å². The van der Waals surface area contributed by atoms with Crippen LogP contribution in [0.25, 0.3) is 11.0 Å². The minimum atomic E-state index is -3.63. The number of carbonyl (C=O) groups is 2. The molecule has 1 saturated heterocycles. The number of amides is 2. The molecule has 3 N–H and O–H groups in total. The van der Waals surface area contributed by atoms with E-state index < -0.39 is 15.9 Å². The molecule has 13 heteroatoms. The molecule has 0 bridgehead atoms. The summed E-state index contributed by atoms with van der Waals surface area (Å²) >= 11 is 0. The van der Waals surface area contributed by atoms with Crippen LogP contribution in [0, 0.1) is 0 Å². The van der Waals surface area contributed by atoms with Gasteiger partial charge in [-0.3, -0.25) is 14.3 Å². The molecule has 2 aromatic heterocycles. The zero-order valence-corrected chi connectivity index (χ0v) is 19.6. The first-order valence-electron chi connectivity index (χ1n) is 11.0.